The summed E-state index contributed by atoms with van der Waals surface area (Å²) >= 11 is 1.01. The first-order valence-corrected chi connectivity index (χ1v) is 8.86. The van der Waals surface area contributed by atoms with E-state index in [-0.39, 0.29) is 10.6 Å². The van der Waals surface area contributed by atoms with Gasteiger partial charge < -0.3 is 4.74 Å². The zero-order chi connectivity index (χ0) is 18.7. The van der Waals surface area contributed by atoms with E-state index in [0.717, 1.165) is 16.0 Å². The standard InChI is InChI=1S/C18H17F3N2O2S/c1-12(22-23-6-8-25-9-7-23)15(24)11-14(18(19,20)21)17-10-13-4-2-3-5-16(13)26-17/h2-5,10-11H,6-9H2,1H3/b14-11+,22-12+. The summed E-state index contributed by atoms with van der Waals surface area (Å²) in [5.41, 5.74) is -0.921. The first-order valence-electron chi connectivity index (χ1n) is 8.04. The van der Waals surface area contributed by atoms with Gasteiger partial charge in [-0.15, -0.1) is 11.3 Å². The number of halogens is 3. The van der Waals surface area contributed by atoms with Crippen LogP contribution in [0.5, 0.6) is 0 Å². The summed E-state index contributed by atoms with van der Waals surface area (Å²) < 4.78 is 46.5. The minimum atomic E-state index is -4.63. The number of ether oxygens (including phenoxy) is 1. The van der Waals surface area contributed by atoms with Gasteiger partial charge in [-0.05, 0) is 24.4 Å². The van der Waals surface area contributed by atoms with Gasteiger partial charge in [-0.25, -0.2) is 0 Å². The first-order chi connectivity index (χ1) is 12.3. The summed E-state index contributed by atoms with van der Waals surface area (Å²) in [5.74, 6) is -0.749. The van der Waals surface area contributed by atoms with Gasteiger partial charge in [-0.1, -0.05) is 18.2 Å². The molecule has 0 atom stereocenters. The molecule has 0 aliphatic carbocycles. The van der Waals surface area contributed by atoms with Crippen LogP contribution >= 0.6 is 11.3 Å². The maximum absolute atomic E-state index is 13.5. The molecule has 1 aliphatic rings. The normalized spacial score (nSPS) is 17.0. The van der Waals surface area contributed by atoms with E-state index in [9.17, 15) is 18.0 Å². The number of hydrogen-bond donors (Lipinski definition) is 0. The van der Waals surface area contributed by atoms with Crippen molar-refractivity contribution in [3.05, 3.63) is 41.3 Å². The lowest BCUT2D eigenvalue weighted by Crippen LogP contribution is -2.33. The van der Waals surface area contributed by atoms with Gasteiger partial charge >= 0.3 is 6.18 Å². The highest BCUT2D eigenvalue weighted by atomic mass is 32.1. The van der Waals surface area contributed by atoms with Gasteiger partial charge in [0, 0.05) is 15.7 Å². The molecule has 0 unspecified atom stereocenters. The van der Waals surface area contributed by atoms with E-state index >= 15 is 0 Å². The molecular weight excluding hydrogens is 365 g/mol. The zero-order valence-electron chi connectivity index (χ0n) is 14.0. The molecule has 1 fully saturated rings. The van der Waals surface area contributed by atoms with E-state index in [0.29, 0.717) is 37.8 Å². The Hall–Kier alpha value is -2.19. The molecule has 1 aliphatic heterocycles. The molecule has 0 saturated carbocycles. The third kappa shape index (κ3) is 4.31. The summed E-state index contributed by atoms with van der Waals surface area (Å²) in [4.78, 5) is 12.3. The van der Waals surface area contributed by atoms with Crippen molar-refractivity contribution >= 4 is 38.5 Å². The molecule has 138 valence electrons. The van der Waals surface area contributed by atoms with Crippen LogP contribution in [0.3, 0.4) is 0 Å². The molecule has 1 aromatic carbocycles. The number of benzene rings is 1. The fraction of sp³-hybridized carbons (Fsp3) is 0.333. The van der Waals surface area contributed by atoms with Gasteiger partial charge in [0.05, 0.1) is 31.9 Å². The van der Waals surface area contributed by atoms with Gasteiger partial charge in [-0.2, -0.15) is 18.3 Å². The molecule has 4 nitrogen and oxygen atoms in total. The molecule has 0 spiro atoms. The highest BCUT2D eigenvalue weighted by molar-refractivity contribution is 7.20. The Kier molecular flexibility index (Phi) is 5.43. The molecule has 0 amide bonds. The molecule has 1 aromatic heterocycles. The van der Waals surface area contributed by atoms with Crippen LogP contribution in [0.15, 0.2) is 41.5 Å². The minimum absolute atomic E-state index is 0.0197. The number of nitrogens with zero attached hydrogens (tertiary/aromatic N) is 2. The van der Waals surface area contributed by atoms with Crippen molar-refractivity contribution in [2.75, 3.05) is 26.3 Å². The first kappa shape index (κ1) is 18.6. The fourth-order valence-corrected chi connectivity index (χ4v) is 3.66. The van der Waals surface area contributed by atoms with Crippen molar-refractivity contribution in [3.63, 3.8) is 0 Å². The van der Waals surface area contributed by atoms with E-state index in [2.05, 4.69) is 5.10 Å². The van der Waals surface area contributed by atoms with Crippen molar-refractivity contribution in [1.29, 1.82) is 0 Å². The smallest absolute Gasteiger partial charge is 0.378 e. The largest absolute Gasteiger partial charge is 0.417 e. The summed E-state index contributed by atoms with van der Waals surface area (Å²) in [5, 5.41) is 6.47. The predicted molar refractivity (Wildman–Crippen MR) is 96.4 cm³/mol. The van der Waals surface area contributed by atoms with Gasteiger partial charge in [0.15, 0.2) is 0 Å². The van der Waals surface area contributed by atoms with Crippen LogP contribution < -0.4 is 0 Å². The number of allylic oxidation sites excluding steroid dienone is 2. The van der Waals surface area contributed by atoms with Gasteiger partial charge in [0.2, 0.25) is 5.78 Å². The van der Waals surface area contributed by atoms with Crippen molar-refractivity contribution in [3.8, 4) is 0 Å². The number of fused-ring (bicyclic) bond motifs is 1. The Morgan fingerprint density at radius 1 is 1.27 bits per heavy atom. The number of morpholine rings is 1. The summed E-state index contributed by atoms with van der Waals surface area (Å²) in [7, 11) is 0. The van der Waals surface area contributed by atoms with Crippen molar-refractivity contribution < 1.29 is 22.7 Å². The number of rotatable bonds is 4. The molecule has 1 saturated heterocycles. The second-order valence-corrected chi connectivity index (χ2v) is 6.90. The van der Waals surface area contributed by atoms with Gasteiger partial charge in [-0.3, -0.25) is 9.80 Å². The third-order valence-corrected chi connectivity index (χ3v) is 5.06. The number of carbonyl (C=O) groups is 1. The van der Waals surface area contributed by atoms with Crippen molar-refractivity contribution in [2.45, 2.75) is 13.1 Å². The molecule has 8 heteroatoms. The van der Waals surface area contributed by atoms with E-state index in [1.165, 1.54) is 13.0 Å². The Labute approximate surface area is 152 Å². The predicted octanol–water partition coefficient (Wildman–Crippen LogP) is 4.12. The number of hydrogen-bond acceptors (Lipinski definition) is 5. The highest BCUT2D eigenvalue weighted by Gasteiger charge is 2.36. The Morgan fingerprint density at radius 2 is 1.96 bits per heavy atom. The molecular formula is C18H17F3N2O2S. The SMILES string of the molecule is C/C(=N\N1CCOCC1)C(=O)/C=C(\c1cc2ccccc2s1)C(F)(F)F. The average molecular weight is 382 g/mol. The van der Waals surface area contributed by atoms with Crippen molar-refractivity contribution in [2.24, 2.45) is 5.10 Å². The van der Waals surface area contributed by atoms with Crippen LogP contribution in [0, 0.1) is 0 Å². The second-order valence-electron chi connectivity index (χ2n) is 5.82. The van der Waals surface area contributed by atoms with E-state index < -0.39 is 17.5 Å². The van der Waals surface area contributed by atoms with Crippen LogP contribution in [-0.4, -0.2) is 49.0 Å². The van der Waals surface area contributed by atoms with E-state index in [1.54, 1.807) is 29.3 Å². The van der Waals surface area contributed by atoms with E-state index in [4.69, 9.17) is 4.74 Å². The Balaban J connectivity index is 1.91. The second kappa shape index (κ2) is 7.59. The maximum atomic E-state index is 13.5. The topological polar surface area (TPSA) is 41.9 Å². The lowest BCUT2D eigenvalue weighted by molar-refractivity contribution is -0.109. The lowest BCUT2D eigenvalue weighted by Gasteiger charge is -2.24. The lowest BCUT2D eigenvalue weighted by atomic mass is 10.1. The molecule has 2 heterocycles. The van der Waals surface area contributed by atoms with Crippen LogP contribution in [0.1, 0.15) is 11.8 Å². The van der Waals surface area contributed by atoms with Crippen LogP contribution in [0.2, 0.25) is 0 Å². The molecule has 2 aromatic rings. The zero-order valence-corrected chi connectivity index (χ0v) is 14.9. The van der Waals surface area contributed by atoms with Crippen LogP contribution in [-0.2, 0) is 9.53 Å². The number of alkyl halides is 3. The third-order valence-electron chi connectivity index (χ3n) is 3.91. The summed E-state index contributed by atoms with van der Waals surface area (Å²) in [6.45, 7) is 3.41. The average Bonchev–Trinajstić information content (AvgIpc) is 3.02. The molecule has 0 N–H and O–H groups in total. The minimum Gasteiger partial charge on any atom is -0.378 e. The number of hydrazone groups is 1. The summed E-state index contributed by atoms with van der Waals surface area (Å²) in [6.07, 6.45) is -3.99. The fourth-order valence-electron chi connectivity index (χ4n) is 2.56. The summed E-state index contributed by atoms with van der Waals surface area (Å²) in [6, 6.07) is 8.49. The Bertz CT molecular complexity index is 832. The van der Waals surface area contributed by atoms with Gasteiger partial charge in [0.25, 0.3) is 0 Å². The van der Waals surface area contributed by atoms with Crippen LogP contribution in [0.25, 0.3) is 15.7 Å². The van der Waals surface area contributed by atoms with Crippen molar-refractivity contribution in [1.82, 2.24) is 5.01 Å². The Morgan fingerprint density at radius 3 is 2.62 bits per heavy atom. The molecule has 3 rings (SSSR count). The quantitative estimate of drug-likeness (QED) is 0.590. The molecule has 26 heavy (non-hydrogen) atoms. The number of thiophene rings is 1. The van der Waals surface area contributed by atoms with E-state index in [1.807, 2.05) is 0 Å². The molecule has 0 bridgehead atoms. The monoisotopic (exact) mass is 382 g/mol. The maximum Gasteiger partial charge on any atom is 0.417 e. The molecule has 0 radical (unpaired) electrons. The number of carbonyl (C=O) groups excluding carboxylic acids is 1. The highest BCUT2D eigenvalue weighted by Crippen LogP contribution is 2.39. The number of ketones is 1. The van der Waals surface area contributed by atoms with Gasteiger partial charge in [0.1, 0.15) is 5.71 Å². The van der Waals surface area contributed by atoms with Crippen LogP contribution in [0.4, 0.5) is 13.2 Å².